The normalized spacial score (nSPS) is 14.0. The van der Waals surface area contributed by atoms with Gasteiger partial charge in [-0.1, -0.05) is 24.3 Å². The highest BCUT2D eigenvalue weighted by Crippen LogP contribution is 2.28. The first-order valence-corrected chi connectivity index (χ1v) is 9.05. The lowest BCUT2D eigenvalue weighted by molar-refractivity contribution is 0.280. The summed E-state index contributed by atoms with van der Waals surface area (Å²) < 4.78 is 1.91. The predicted molar refractivity (Wildman–Crippen MR) is 104 cm³/mol. The number of aromatic nitrogens is 2. The summed E-state index contributed by atoms with van der Waals surface area (Å²) >= 11 is 0. The molecule has 0 unspecified atom stereocenters. The highest BCUT2D eigenvalue weighted by Gasteiger charge is 2.25. The van der Waals surface area contributed by atoms with Crippen molar-refractivity contribution >= 4 is 16.7 Å². The van der Waals surface area contributed by atoms with Crippen LogP contribution in [0.15, 0.2) is 47.5 Å². The fourth-order valence-electron chi connectivity index (χ4n) is 3.89. The van der Waals surface area contributed by atoms with E-state index in [1.54, 1.807) is 6.20 Å². The Kier molecular flexibility index (Phi) is 4.24. The zero-order valence-electron chi connectivity index (χ0n) is 15.1. The number of nitrogens with zero attached hydrogens (tertiary/aromatic N) is 3. The third-order valence-corrected chi connectivity index (χ3v) is 5.47. The Morgan fingerprint density at radius 3 is 2.58 bits per heavy atom. The van der Waals surface area contributed by atoms with Gasteiger partial charge in [-0.2, -0.15) is 0 Å². The quantitative estimate of drug-likeness (QED) is 0.786. The molecule has 0 fully saturated rings. The number of hydrogen-bond donors (Lipinski definition) is 1. The van der Waals surface area contributed by atoms with Crippen molar-refractivity contribution in [1.29, 1.82) is 0 Å². The maximum Gasteiger partial charge on any atom is 0.196 e. The van der Waals surface area contributed by atoms with Crippen molar-refractivity contribution in [3.05, 3.63) is 69.6 Å². The third kappa shape index (κ3) is 2.69. The van der Waals surface area contributed by atoms with E-state index in [1.165, 1.54) is 11.1 Å². The van der Waals surface area contributed by atoms with Crippen molar-refractivity contribution < 1.29 is 5.11 Å². The van der Waals surface area contributed by atoms with Crippen LogP contribution in [0.5, 0.6) is 0 Å². The topological polar surface area (TPSA) is 58.4 Å². The molecule has 0 amide bonds. The van der Waals surface area contributed by atoms with Crippen molar-refractivity contribution in [3.8, 4) is 0 Å². The van der Waals surface area contributed by atoms with Crippen molar-refractivity contribution in [2.24, 2.45) is 0 Å². The SMILES string of the molecule is CCn1cc(CO)c(=O)c2cc(N(C)C3Cc4ccccc4C3)cnc21. The van der Waals surface area contributed by atoms with E-state index in [-0.39, 0.29) is 12.0 Å². The summed E-state index contributed by atoms with van der Waals surface area (Å²) in [4.78, 5) is 19.5. The Bertz CT molecular complexity index is 1000. The van der Waals surface area contributed by atoms with Crippen LogP contribution in [0, 0.1) is 0 Å². The van der Waals surface area contributed by atoms with E-state index >= 15 is 0 Å². The molecule has 5 heteroatoms. The lowest BCUT2D eigenvalue weighted by Gasteiger charge is -2.26. The van der Waals surface area contributed by atoms with Gasteiger partial charge < -0.3 is 14.6 Å². The number of benzene rings is 1. The van der Waals surface area contributed by atoms with E-state index in [1.807, 2.05) is 23.8 Å². The molecular weight excluding hydrogens is 326 g/mol. The van der Waals surface area contributed by atoms with E-state index < -0.39 is 0 Å². The second kappa shape index (κ2) is 6.57. The standard InChI is InChI=1S/C21H23N3O2/c1-3-24-12-16(13-25)20(26)19-10-18(11-22-21(19)24)23(2)17-8-14-6-4-5-7-15(14)9-17/h4-7,10-12,17,25H,3,8-9,13H2,1-2H3. The minimum atomic E-state index is -0.257. The van der Waals surface area contributed by atoms with E-state index in [4.69, 9.17) is 0 Å². The van der Waals surface area contributed by atoms with Gasteiger partial charge in [0.2, 0.25) is 0 Å². The Hall–Kier alpha value is -2.66. The molecule has 0 saturated carbocycles. The number of aliphatic hydroxyl groups excluding tert-OH is 1. The van der Waals surface area contributed by atoms with Crippen LogP contribution < -0.4 is 10.3 Å². The molecule has 2 aromatic heterocycles. The van der Waals surface area contributed by atoms with Crippen LogP contribution in [0.4, 0.5) is 5.69 Å². The number of rotatable bonds is 4. The molecule has 1 N–H and O–H groups in total. The first-order valence-electron chi connectivity index (χ1n) is 9.05. The molecule has 3 aromatic rings. The summed E-state index contributed by atoms with van der Waals surface area (Å²) in [6.45, 7) is 2.44. The van der Waals surface area contributed by atoms with Crippen LogP contribution in [0.3, 0.4) is 0 Å². The highest BCUT2D eigenvalue weighted by molar-refractivity contribution is 5.79. The van der Waals surface area contributed by atoms with Crippen LogP contribution in [-0.4, -0.2) is 27.7 Å². The Morgan fingerprint density at radius 2 is 1.96 bits per heavy atom. The molecule has 1 aromatic carbocycles. The van der Waals surface area contributed by atoms with Gasteiger partial charge in [0.1, 0.15) is 5.65 Å². The molecular formula is C21H23N3O2. The molecule has 1 aliphatic carbocycles. The van der Waals surface area contributed by atoms with Gasteiger partial charge in [-0.3, -0.25) is 4.79 Å². The summed E-state index contributed by atoms with van der Waals surface area (Å²) in [6.07, 6.45) is 5.55. The summed E-state index contributed by atoms with van der Waals surface area (Å²) in [6, 6.07) is 10.8. The zero-order chi connectivity index (χ0) is 18.3. The maximum absolute atomic E-state index is 12.7. The molecule has 5 nitrogen and oxygen atoms in total. The second-order valence-corrected chi connectivity index (χ2v) is 6.93. The third-order valence-electron chi connectivity index (χ3n) is 5.47. The fraction of sp³-hybridized carbons (Fsp3) is 0.333. The minimum absolute atomic E-state index is 0.135. The van der Waals surface area contributed by atoms with E-state index in [0.717, 1.165) is 18.5 Å². The minimum Gasteiger partial charge on any atom is -0.391 e. The van der Waals surface area contributed by atoms with Crippen molar-refractivity contribution in [3.63, 3.8) is 0 Å². The van der Waals surface area contributed by atoms with Gasteiger partial charge in [-0.25, -0.2) is 4.98 Å². The molecule has 134 valence electrons. The van der Waals surface area contributed by atoms with Crippen molar-refractivity contribution in [1.82, 2.24) is 9.55 Å². The molecule has 26 heavy (non-hydrogen) atoms. The van der Waals surface area contributed by atoms with E-state index in [2.05, 4.69) is 41.2 Å². The molecule has 4 rings (SSSR count). The predicted octanol–water partition coefficient (Wildman–Crippen LogP) is 2.51. The van der Waals surface area contributed by atoms with Gasteiger partial charge in [-0.05, 0) is 37.0 Å². The van der Waals surface area contributed by atoms with Crippen LogP contribution in [0.1, 0.15) is 23.6 Å². The van der Waals surface area contributed by atoms with Gasteiger partial charge in [0.15, 0.2) is 5.43 Å². The number of anilines is 1. The Labute approximate surface area is 152 Å². The molecule has 0 spiro atoms. The average Bonchev–Trinajstić information content (AvgIpc) is 3.12. The Morgan fingerprint density at radius 1 is 1.27 bits per heavy atom. The molecule has 0 aliphatic heterocycles. The summed E-state index contributed by atoms with van der Waals surface area (Å²) in [5.74, 6) is 0. The molecule has 0 bridgehead atoms. The Balaban J connectivity index is 1.74. The first-order chi connectivity index (χ1) is 12.6. The van der Waals surface area contributed by atoms with Crippen molar-refractivity contribution in [2.75, 3.05) is 11.9 Å². The first kappa shape index (κ1) is 16.8. The zero-order valence-corrected chi connectivity index (χ0v) is 15.1. The number of aliphatic hydroxyl groups is 1. The molecule has 0 atom stereocenters. The highest BCUT2D eigenvalue weighted by atomic mass is 16.3. The average molecular weight is 349 g/mol. The molecule has 0 radical (unpaired) electrons. The number of pyridine rings is 2. The van der Waals surface area contributed by atoms with E-state index in [9.17, 15) is 9.90 Å². The van der Waals surface area contributed by atoms with Gasteiger partial charge in [-0.15, -0.1) is 0 Å². The lowest BCUT2D eigenvalue weighted by atomic mass is 10.1. The van der Waals surface area contributed by atoms with Gasteiger partial charge in [0.25, 0.3) is 0 Å². The summed E-state index contributed by atoms with van der Waals surface area (Å²) in [5.41, 5.74) is 4.67. The van der Waals surface area contributed by atoms with Gasteiger partial charge >= 0.3 is 0 Å². The van der Waals surface area contributed by atoms with Crippen LogP contribution >= 0.6 is 0 Å². The van der Waals surface area contributed by atoms with Crippen LogP contribution in [-0.2, 0) is 26.0 Å². The number of hydrogen-bond acceptors (Lipinski definition) is 4. The largest absolute Gasteiger partial charge is 0.391 e. The summed E-state index contributed by atoms with van der Waals surface area (Å²) in [7, 11) is 2.06. The number of aryl methyl sites for hydroxylation is 1. The van der Waals surface area contributed by atoms with Crippen LogP contribution in [0.2, 0.25) is 0 Å². The molecule has 2 heterocycles. The van der Waals surface area contributed by atoms with Gasteiger partial charge in [0.05, 0.1) is 23.9 Å². The maximum atomic E-state index is 12.7. The lowest BCUT2D eigenvalue weighted by Crippen LogP contribution is -2.32. The van der Waals surface area contributed by atoms with E-state index in [0.29, 0.717) is 29.2 Å². The molecule has 1 aliphatic rings. The molecule has 0 saturated heterocycles. The number of likely N-dealkylation sites (N-methyl/N-ethyl adjacent to an activating group) is 1. The monoisotopic (exact) mass is 349 g/mol. The van der Waals surface area contributed by atoms with Crippen LogP contribution in [0.25, 0.3) is 11.0 Å². The summed E-state index contributed by atoms with van der Waals surface area (Å²) in [5, 5.41) is 10.1. The number of fused-ring (bicyclic) bond motifs is 2. The fourth-order valence-corrected chi connectivity index (χ4v) is 3.89. The smallest absolute Gasteiger partial charge is 0.196 e. The van der Waals surface area contributed by atoms with Crippen molar-refractivity contribution in [2.45, 2.75) is 39.0 Å². The van der Waals surface area contributed by atoms with Gasteiger partial charge in [0, 0.05) is 31.4 Å². The second-order valence-electron chi connectivity index (χ2n) is 6.93.